The molecule has 0 aromatic heterocycles. The fourth-order valence-electron chi connectivity index (χ4n) is 3.26. The summed E-state index contributed by atoms with van der Waals surface area (Å²) in [7, 11) is 0. The first-order valence-corrected chi connectivity index (χ1v) is 10.1. The zero-order valence-corrected chi connectivity index (χ0v) is 16.6. The molecule has 0 radical (unpaired) electrons. The maximum atomic E-state index is 12.0. The highest BCUT2D eigenvalue weighted by atomic mass is 35.5. The maximum absolute atomic E-state index is 12.0. The molecular formula is C22H26ClN3O2. The van der Waals surface area contributed by atoms with Crippen molar-refractivity contribution in [2.75, 3.05) is 6.54 Å². The average molecular weight is 400 g/mol. The van der Waals surface area contributed by atoms with E-state index in [-0.39, 0.29) is 12.5 Å². The zero-order chi connectivity index (χ0) is 19.6. The molecule has 0 bridgehead atoms. The zero-order valence-electron chi connectivity index (χ0n) is 15.9. The fraction of sp³-hybridized carbons (Fsp3) is 0.364. The summed E-state index contributed by atoms with van der Waals surface area (Å²) in [4.78, 5) is 12.0. The molecule has 0 unspecified atom stereocenters. The van der Waals surface area contributed by atoms with Crippen LogP contribution in [0, 0.1) is 0 Å². The number of nitrogens with zero attached hydrogens (tertiary/aromatic N) is 1. The predicted octanol–water partition coefficient (Wildman–Crippen LogP) is 4.29. The number of halogens is 1. The number of hydrazone groups is 1. The van der Waals surface area contributed by atoms with Gasteiger partial charge in [0.15, 0.2) is 0 Å². The van der Waals surface area contributed by atoms with Gasteiger partial charge in [-0.3, -0.25) is 4.79 Å². The van der Waals surface area contributed by atoms with Crippen molar-refractivity contribution in [3.63, 3.8) is 0 Å². The largest absolute Gasteiger partial charge is 0.488 e. The predicted molar refractivity (Wildman–Crippen MR) is 113 cm³/mol. The molecule has 0 aliphatic heterocycles. The number of nitrogens with one attached hydrogen (secondary N) is 2. The second kappa shape index (κ2) is 10.8. The summed E-state index contributed by atoms with van der Waals surface area (Å²) in [6, 6.07) is 15.6. The number of carbonyl (C=O) groups excluding carboxylic acids is 1. The highest BCUT2D eigenvalue weighted by Crippen LogP contribution is 2.19. The first kappa shape index (κ1) is 20.4. The number of carbonyl (C=O) groups is 1. The molecule has 1 aliphatic carbocycles. The molecule has 1 amide bonds. The third kappa shape index (κ3) is 6.66. The van der Waals surface area contributed by atoms with Crippen LogP contribution >= 0.6 is 11.6 Å². The van der Waals surface area contributed by atoms with E-state index in [2.05, 4.69) is 15.8 Å². The van der Waals surface area contributed by atoms with Crippen LogP contribution in [-0.2, 0) is 11.4 Å². The Bertz CT molecular complexity index is 804. The van der Waals surface area contributed by atoms with Gasteiger partial charge in [-0.1, -0.05) is 55.1 Å². The van der Waals surface area contributed by atoms with Crippen molar-refractivity contribution in [1.29, 1.82) is 0 Å². The summed E-state index contributed by atoms with van der Waals surface area (Å²) < 4.78 is 5.89. The van der Waals surface area contributed by atoms with Crippen LogP contribution in [0.3, 0.4) is 0 Å². The summed E-state index contributed by atoms with van der Waals surface area (Å²) >= 11 is 6.01. The minimum atomic E-state index is -0.140. The lowest BCUT2D eigenvalue weighted by atomic mass is 9.95. The van der Waals surface area contributed by atoms with Gasteiger partial charge >= 0.3 is 0 Å². The van der Waals surface area contributed by atoms with Crippen LogP contribution in [-0.4, -0.2) is 24.7 Å². The summed E-state index contributed by atoms with van der Waals surface area (Å²) in [5.41, 5.74) is 4.36. The number of rotatable bonds is 8. The van der Waals surface area contributed by atoms with E-state index in [0.29, 0.717) is 23.4 Å². The van der Waals surface area contributed by atoms with E-state index in [4.69, 9.17) is 16.3 Å². The first-order chi connectivity index (χ1) is 13.7. The quantitative estimate of drug-likeness (QED) is 0.514. The third-order valence-electron chi connectivity index (χ3n) is 4.75. The van der Waals surface area contributed by atoms with Crippen LogP contribution in [0.4, 0.5) is 0 Å². The molecule has 3 rings (SSSR count). The molecule has 6 heteroatoms. The second-order valence-electron chi connectivity index (χ2n) is 6.97. The summed E-state index contributed by atoms with van der Waals surface area (Å²) in [6.45, 7) is 0.692. The Morgan fingerprint density at radius 3 is 2.79 bits per heavy atom. The Labute approximate surface area is 171 Å². The van der Waals surface area contributed by atoms with E-state index in [1.807, 2.05) is 48.5 Å². The van der Waals surface area contributed by atoms with Crippen LogP contribution < -0.4 is 15.5 Å². The van der Waals surface area contributed by atoms with Crippen molar-refractivity contribution in [2.45, 2.75) is 44.8 Å². The molecule has 1 fully saturated rings. The van der Waals surface area contributed by atoms with Crippen molar-refractivity contribution in [2.24, 2.45) is 5.10 Å². The molecule has 5 nitrogen and oxygen atoms in total. The molecular weight excluding hydrogens is 374 g/mol. The Morgan fingerprint density at radius 2 is 1.96 bits per heavy atom. The van der Waals surface area contributed by atoms with Crippen LogP contribution in [0.25, 0.3) is 0 Å². The molecule has 2 aromatic rings. The van der Waals surface area contributed by atoms with Gasteiger partial charge in [-0.15, -0.1) is 0 Å². The lowest BCUT2D eigenvalue weighted by Crippen LogP contribution is -2.38. The van der Waals surface area contributed by atoms with Crippen LogP contribution in [0.2, 0.25) is 5.02 Å². The molecule has 0 atom stereocenters. The van der Waals surface area contributed by atoms with E-state index in [1.165, 1.54) is 19.3 Å². The van der Waals surface area contributed by atoms with Gasteiger partial charge < -0.3 is 10.1 Å². The Morgan fingerprint density at radius 1 is 1.14 bits per heavy atom. The standard InChI is InChI=1S/C22H26ClN3O2/c23-19-9-6-7-17(13-19)16-28-21-12-5-4-8-18(21)14-25-26-22(27)15-24-20-10-2-1-3-11-20/h4-9,12-14,20,24H,1-3,10-11,15-16H2,(H,26,27)/b25-14-. The molecule has 148 valence electrons. The molecule has 2 aromatic carbocycles. The molecule has 2 N–H and O–H groups in total. The minimum absolute atomic E-state index is 0.140. The van der Waals surface area contributed by atoms with Crippen molar-refractivity contribution >= 4 is 23.7 Å². The SMILES string of the molecule is O=C(CNC1CCCCC1)N/N=C\c1ccccc1OCc1cccc(Cl)c1. The van der Waals surface area contributed by atoms with Gasteiger partial charge in [0, 0.05) is 16.6 Å². The maximum Gasteiger partial charge on any atom is 0.254 e. The molecule has 0 saturated heterocycles. The monoisotopic (exact) mass is 399 g/mol. The third-order valence-corrected chi connectivity index (χ3v) is 4.99. The van der Waals surface area contributed by atoms with Gasteiger partial charge in [0.1, 0.15) is 12.4 Å². The van der Waals surface area contributed by atoms with Crippen LogP contribution in [0.5, 0.6) is 5.75 Å². The van der Waals surface area contributed by atoms with Crippen molar-refractivity contribution in [3.8, 4) is 5.75 Å². The molecule has 0 spiro atoms. The highest BCUT2D eigenvalue weighted by Gasteiger charge is 2.13. The summed E-state index contributed by atoms with van der Waals surface area (Å²) in [6.07, 6.45) is 7.67. The van der Waals surface area contributed by atoms with Crippen molar-refractivity contribution in [1.82, 2.24) is 10.7 Å². The molecule has 28 heavy (non-hydrogen) atoms. The number of amides is 1. The lowest BCUT2D eigenvalue weighted by Gasteiger charge is -2.22. The Balaban J connectivity index is 1.48. The van der Waals surface area contributed by atoms with E-state index >= 15 is 0 Å². The summed E-state index contributed by atoms with van der Waals surface area (Å²) in [5, 5.41) is 8.05. The Hall–Kier alpha value is -2.37. The number of benzene rings is 2. The smallest absolute Gasteiger partial charge is 0.254 e. The summed E-state index contributed by atoms with van der Waals surface area (Å²) in [5.74, 6) is 0.556. The van der Waals surface area contributed by atoms with Gasteiger partial charge in [0.05, 0.1) is 12.8 Å². The van der Waals surface area contributed by atoms with Crippen molar-refractivity contribution < 1.29 is 9.53 Å². The number of ether oxygens (including phenoxy) is 1. The minimum Gasteiger partial charge on any atom is -0.488 e. The van der Waals surface area contributed by atoms with Crippen LogP contribution in [0.15, 0.2) is 53.6 Å². The van der Waals surface area contributed by atoms with Gasteiger partial charge in [-0.05, 0) is 42.7 Å². The molecule has 1 aliphatic rings. The van der Waals surface area contributed by atoms with Gasteiger partial charge in [-0.2, -0.15) is 5.10 Å². The molecule has 1 saturated carbocycles. The van der Waals surface area contributed by atoms with Gasteiger partial charge in [-0.25, -0.2) is 5.43 Å². The van der Waals surface area contributed by atoms with Crippen LogP contribution in [0.1, 0.15) is 43.2 Å². The average Bonchev–Trinajstić information content (AvgIpc) is 2.72. The topological polar surface area (TPSA) is 62.7 Å². The lowest BCUT2D eigenvalue weighted by molar-refractivity contribution is -0.120. The fourth-order valence-corrected chi connectivity index (χ4v) is 3.48. The Kier molecular flexibility index (Phi) is 7.88. The second-order valence-corrected chi connectivity index (χ2v) is 7.40. The normalized spacial score (nSPS) is 14.9. The van der Waals surface area contributed by atoms with Gasteiger partial charge in [0.25, 0.3) is 5.91 Å². The molecule has 0 heterocycles. The first-order valence-electron chi connectivity index (χ1n) is 9.72. The number of hydrogen-bond donors (Lipinski definition) is 2. The van der Waals surface area contributed by atoms with E-state index in [1.54, 1.807) is 6.21 Å². The highest BCUT2D eigenvalue weighted by molar-refractivity contribution is 6.30. The number of para-hydroxylation sites is 1. The van der Waals surface area contributed by atoms with E-state index in [0.717, 1.165) is 24.0 Å². The number of hydrogen-bond acceptors (Lipinski definition) is 4. The van der Waals surface area contributed by atoms with Gasteiger partial charge in [0.2, 0.25) is 0 Å². The van der Waals surface area contributed by atoms with Crippen molar-refractivity contribution in [3.05, 3.63) is 64.7 Å². The van der Waals surface area contributed by atoms with E-state index < -0.39 is 0 Å². The van der Waals surface area contributed by atoms with E-state index in [9.17, 15) is 4.79 Å².